The fourth-order valence-corrected chi connectivity index (χ4v) is 6.89. The zero-order valence-electron chi connectivity index (χ0n) is 32.8. The van der Waals surface area contributed by atoms with E-state index in [1.807, 2.05) is 0 Å². The SMILES string of the molecule is CCCCCCCCC=CCCCCCCCCCCCCCCCC(=O)NC(CO)C(O)CCCCCCCCCCCCCCC. The highest BCUT2D eigenvalue weighted by Crippen LogP contribution is 2.16. The average Bonchev–Trinajstić information content (AvgIpc) is 3.09. The first-order chi connectivity index (χ1) is 23.7. The van der Waals surface area contributed by atoms with E-state index in [9.17, 15) is 15.0 Å². The van der Waals surface area contributed by atoms with Gasteiger partial charge in [0, 0.05) is 6.42 Å². The largest absolute Gasteiger partial charge is 0.394 e. The molecule has 3 N–H and O–H groups in total. The Morgan fingerprint density at radius 1 is 0.479 bits per heavy atom. The second-order valence-electron chi connectivity index (χ2n) is 15.1. The molecule has 0 heterocycles. The van der Waals surface area contributed by atoms with Crippen molar-refractivity contribution in [3.8, 4) is 0 Å². The summed E-state index contributed by atoms with van der Waals surface area (Å²) in [6, 6.07) is -0.531. The summed E-state index contributed by atoms with van der Waals surface area (Å²) < 4.78 is 0. The van der Waals surface area contributed by atoms with Crippen LogP contribution in [0.1, 0.15) is 245 Å². The molecule has 0 radical (unpaired) electrons. The molecule has 48 heavy (non-hydrogen) atoms. The number of unbranched alkanes of at least 4 members (excludes halogenated alkanes) is 31. The predicted molar refractivity (Wildman–Crippen MR) is 212 cm³/mol. The van der Waals surface area contributed by atoms with Crippen molar-refractivity contribution in [2.75, 3.05) is 6.61 Å². The van der Waals surface area contributed by atoms with Crippen LogP contribution >= 0.6 is 0 Å². The Morgan fingerprint density at radius 2 is 0.792 bits per heavy atom. The minimum Gasteiger partial charge on any atom is -0.394 e. The Bertz CT molecular complexity index is 651. The smallest absolute Gasteiger partial charge is 0.220 e. The molecule has 0 aromatic heterocycles. The molecule has 2 atom stereocenters. The number of carbonyl (C=O) groups is 1. The Kier molecular flexibility index (Phi) is 39.8. The number of aliphatic hydroxyl groups excluding tert-OH is 2. The molecule has 1 amide bonds. The van der Waals surface area contributed by atoms with E-state index in [4.69, 9.17) is 0 Å². The van der Waals surface area contributed by atoms with Crippen LogP contribution in [0.2, 0.25) is 0 Å². The predicted octanol–water partition coefficient (Wildman–Crippen LogP) is 13.5. The van der Waals surface area contributed by atoms with Crippen LogP contribution < -0.4 is 5.32 Å². The molecular weight excluding hydrogens is 590 g/mol. The normalized spacial score (nSPS) is 13.0. The number of carbonyl (C=O) groups excluding carboxylic acids is 1. The fraction of sp³-hybridized carbons (Fsp3) is 0.932. The van der Waals surface area contributed by atoms with E-state index < -0.39 is 12.1 Å². The molecule has 4 heteroatoms. The van der Waals surface area contributed by atoms with Gasteiger partial charge in [-0.2, -0.15) is 0 Å². The van der Waals surface area contributed by atoms with Crippen LogP contribution in [0.15, 0.2) is 12.2 Å². The standard InChI is InChI=1S/C44H87NO3/c1-3-5-7-9-11-13-15-17-18-19-20-21-22-23-24-25-26-28-30-32-34-36-38-40-44(48)45-42(41-46)43(47)39-37-35-33-31-29-27-16-14-12-10-8-6-4-2/h17-18,42-43,46-47H,3-16,19-41H2,1-2H3,(H,45,48). The summed E-state index contributed by atoms with van der Waals surface area (Å²) in [4.78, 5) is 12.4. The number of aliphatic hydroxyl groups is 2. The van der Waals surface area contributed by atoms with Gasteiger partial charge in [0.1, 0.15) is 0 Å². The molecule has 0 aliphatic carbocycles. The third-order valence-electron chi connectivity index (χ3n) is 10.3. The highest BCUT2D eigenvalue weighted by molar-refractivity contribution is 5.76. The number of hydrogen-bond donors (Lipinski definition) is 3. The molecule has 0 spiro atoms. The lowest BCUT2D eigenvalue weighted by atomic mass is 10.0. The van der Waals surface area contributed by atoms with Gasteiger partial charge in [0.2, 0.25) is 5.91 Å². The van der Waals surface area contributed by atoms with Crippen LogP contribution in [-0.2, 0) is 4.79 Å². The molecule has 2 unspecified atom stereocenters. The summed E-state index contributed by atoms with van der Waals surface area (Å²) >= 11 is 0. The van der Waals surface area contributed by atoms with Crippen molar-refractivity contribution < 1.29 is 15.0 Å². The minimum absolute atomic E-state index is 0.0292. The third kappa shape index (κ3) is 36.4. The Morgan fingerprint density at radius 3 is 1.15 bits per heavy atom. The van der Waals surface area contributed by atoms with Crippen molar-refractivity contribution in [3.63, 3.8) is 0 Å². The second kappa shape index (κ2) is 40.6. The fourth-order valence-electron chi connectivity index (χ4n) is 6.89. The molecular formula is C44H87NO3. The number of allylic oxidation sites excluding steroid dienone is 2. The molecule has 0 saturated carbocycles. The van der Waals surface area contributed by atoms with Crippen LogP contribution in [0.25, 0.3) is 0 Å². The van der Waals surface area contributed by atoms with E-state index in [2.05, 4.69) is 31.3 Å². The van der Waals surface area contributed by atoms with E-state index in [0.717, 1.165) is 25.7 Å². The van der Waals surface area contributed by atoms with Crippen LogP contribution in [0.4, 0.5) is 0 Å². The van der Waals surface area contributed by atoms with Crippen molar-refractivity contribution in [2.24, 2.45) is 0 Å². The van der Waals surface area contributed by atoms with Gasteiger partial charge < -0.3 is 15.5 Å². The van der Waals surface area contributed by atoms with Gasteiger partial charge in [-0.1, -0.05) is 212 Å². The Labute approximate surface area is 301 Å². The Hall–Kier alpha value is -0.870. The van der Waals surface area contributed by atoms with Crippen molar-refractivity contribution in [2.45, 2.75) is 257 Å². The summed E-state index contributed by atoms with van der Waals surface area (Å²) in [5.41, 5.74) is 0. The van der Waals surface area contributed by atoms with E-state index >= 15 is 0 Å². The van der Waals surface area contributed by atoms with Gasteiger partial charge in [0.15, 0.2) is 0 Å². The van der Waals surface area contributed by atoms with Crippen LogP contribution in [-0.4, -0.2) is 34.9 Å². The summed E-state index contributed by atoms with van der Waals surface area (Å²) in [5, 5.41) is 23.1. The van der Waals surface area contributed by atoms with Crippen molar-refractivity contribution >= 4 is 5.91 Å². The van der Waals surface area contributed by atoms with Crippen LogP contribution in [0.5, 0.6) is 0 Å². The molecule has 0 rings (SSSR count). The van der Waals surface area contributed by atoms with Gasteiger partial charge in [-0.3, -0.25) is 4.79 Å². The molecule has 0 aromatic rings. The van der Waals surface area contributed by atoms with E-state index in [1.54, 1.807) is 0 Å². The maximum absolute atomic E-state index is 12.4. The van der Waals surface area contributed by atoms with Gasteiger partial charge in [0.05, 0.1) is 18.8 Å². The summed E-state index contributed by atoms with van der Waals surface area (Å²) in [6.07, 6.45) is 50.0. The van der Waals surface area contributed by atoms with Crippen LogP contribution in [0.3, 0.4) is 0 Å². The number of hydrogen-bond acceptors (Lipinski definition) is 3. The Balaban J connectivity index is 3.46. The monoisotopic (exact) mass is 678 g/mol. The van der Waals surface area contributed by atoms with E-state index in [0.29, 0.717) is 12.8 Å². The van der Waals surface area contributed by atoms with Crippen molar-refractivity contribution in [1.82, 2.24) is 5.32 Å². The van der Waals surface area contributed by atoms with Gasteiger partial charge >= 0.3 is 0 Å². The van der Waals surface area contributed by atoms with Gasteiger partial charge in [-0.05, 0) is 38.5 Å². The number of amides is 1. The maximum atomic E-state index is 12.4. The number of rotatable bonds is 40. The molecule has 0 aliphatic heterocycles. The van der Waals surface area contributed by atoms with Gasteiger partial charge in [-0.25, -0.2) is 0 Å². The summed E-state index contributed by atoms with van der Waals surface area (Å²) in [6.45, 7) is 4.36. The third-order valence-corrected chi connectivity index (χ3v) is 10.3. The molecule has 0 bridgehead atoms. The van der Waals surface area contributed by atoms with Crippen molar-refractivity contribution in [3.05, 3.63) is 12.2 Å². The van der Waals surface area contributed by atoms with Crippen molar-refractivity contribution in [1.29, 1.82) is 0 Å². The lowest BCUT2D eigenvalue weighted by molar-refractivity contribution is -0.123. The van der Waals surface area contributed by atoms with E-state index in [-0.39, 0.29) is 12.5 Å². The zero-order chi connectivity index (χ0) is 35.0. The first kappa shape index (κ1) is 47.1. The highest BCUT2D eigenvalue weighted by atomic mass is 16.3. The first-order valence-electron chi connectivity index (χ1n) is 21.9. The highest BCUT2D eigenvalue weighted by Gasteiger charge is 2.20. The maximum Gasteiger partial charge on any atom is 0.220 e. The molecule has 0 aromatic carbocycles. The lowest BCUT2D eigenvalue weighted by Gasteiger charge is -2.22. The summed E-state index contributed by atoms with van der Waals surface area (Å²) in [5.74, 6) is -0.0292. The van der Waals surface area contributed by atoms with Gasteiger partial charge in [-0.15, -0.1) is 0 Å². The molecule has 0 fully saturated rings. The molecule has 0 saturated heterocycles. The second-order valence-corrected chi connectivity index (χ2v) is 15.1. The zero-order valence-corrected chi connectivity index (χ0v) is 32.8. The topological polar surface area (TPSA) is 69.6 Å². The lowest BCUT2D eigenvalue weighted by Crippen LogP contribution is -2.45. The van der Waals surface area contributed by atoms with E-state index in [1.165, 1.54) is 193 Å². The molecule has 286 valence electrons. The first-order valence-corrected chi connectivity index (χ1v) is 21.9. The quantitative estimate of drug-likeness (QED) is 0.0446. The molecule has 4 nitrogen and oxygen atoms in total. The minimum atomic E-state index is -0.654. The van der Waals surface area contributed by atoms with Crippen LogP contribution in [0, 0.1) is 0 Å². The van der Waals surface area contributed by atoms with Gasteiger partial charge in [0.25, 0.3) is 0 Å². The molecule has 0 aliphatic rings. The summed E-state index contributed by atoms with van der Waals surface area (Å²) in [7, 11) is 0. The number of nitrogens with one attached hydrogen (secondary N) is 1. The average molecular weight is 678 g/mol.